The first kappa shape index (κ1) is 73.0. The number of ether oxygens (including phenoxy) is 6. The van der Waals surface area contributed by atoms with Crippen LogP contribution in [0.4, 0.5) is 0 Å². The van der Waals surface area contributed by atoms with Crippen molar-refractivity contribution in [3.63, 3.8) is 0 Å². The zero-order valence-electron chi connectivity index (χ0n) is 49.6. The summed E-state index contributed by atoms with van der Waals surface area (Å²) in [6, 6.07) is -0.877. The molecule has 0 radical (unpaired) electrons. The highest BCUT2D eigenvalue weighted by molar-refractivity contribution is 5.76. The maximum absolute atomic E-state index is 13.2. The van der Waals surface area contributed by atoms with Crippen LogP contribution in [-0.4, -0.2) is 193 Å². The highest BCUT2D eigenvalue weighted by atomic mass is 16.8. The summed E-state index contributed by atoms with van der Waals surface area (Å²) in [7, 11) is 0. The number of rotatable bonds is 49. The third-order valence-electron chi connectivity index (χ3n) is 16.7. The summed E-state index contributed by atoms with van der Waals surface area (Å²) in [5.74, 6) is -0.247. The lowest BCUT2D eigenvalue weighted by atomic mass is 9.96. The number of aliphatic hydroxyl groups excluding tert-OH is 11. The molecule has 0 saturated carbocycles. The Morgan fingerprint density at radius 1 is 0.400 bits per heavy atom. The highest BCUT2D eigenvalue weighted by Gasteiger charge is 2.53. The van der Waals surface area contributed by atoms with Gasteiger partial charge in [-0.25, -0.2) is 0 Å². The average molecular weight is 1150 g/mol. The fourth-order valence-electron chi connectivity index (χ4n) is 11.4. The van der Waals surface area contributed by atoms with E-state index in [2.05, 4.69) is 19.2 Å². The van der Waals surface area contributed by atoms with Gasteiger partial charge in [-0.05, 0) is 12.8 Å². The van der Waals surface area contributed by atoms with Crippen LogP contribution in [0.2, 0.25) is 0 Å². The Morgan fingerprint density at radius 3 is 1.09 bits per heavy atom. The van der Waals surface area contributed by atoms with Crippen molar-refractivity contribution in [3.05, 3.63) is 0 Å². The smallest absolute Gasteiger partial charge is 0.220 e. The molecule has 19 nitrogen and oxygen atoms in total. The van der Waals surface area contributed by atoms with Crippen LogP contribution < -0.4 is 5.32 Å². The van der Waals surface area contributed by atoms with Gasteiger partial charge in [0.15, 0.2) is 18.9 Å². The highest BCUT2D eigenvalue weighted by Crippen LogP contribution is 2.33. The molecule has 0 aliphatic carbocycles. The molecule has 3 fully saturated rings. The molecule has 3 aliphatic heterocycles. The zero-order chi connectivity index (χ0) is 58.3. The third kappa shape index (κ3) is 28.3. The lowest BCUT2D eigenvalue weighted by molar-refractivity contribution is -0.379. The molecular weight excluding hydrogens is 1030 g/mol. The lowest BCUT2D eigenvalue weighted by Crippen LogP contribution is -2.66. The standard InChI is InChI=1S/C61H117NO18/c1-3-5-7-9-10-11-12-13-14-15-16-17-18-19-20-21-22-23-24-25-26-27-28-29-30-31-32-33-34-35-37-39-49(67)62-44(45(66)38-36-8-6-4-2)43-75-59-55(73)52(70)57(47(41-64)77-59)80-61-56(74)53(71)58(48(42-65)78-61)79-60-54(72)51(69)50(68)46(40-63)76-60/h44-48,50-61,63-66,68-74H,3-43H2,1-2H3,(H,62,67). The fourth-order valence-corrected chi connectivity index (χ4v) is 11.4. The van der Waals surface area contributed by atoms with Crippen molar-refractivity contribution in [1.82, 2.24) is 5.32 Å². The maximum Gasteiger partial charge on any atom is 0.220 e. The Balaban J connectivity index is 1.27. The van der Waals surface area contributed by atoms with Crippen molar-refractivity contribution in [1.29, 1.82) is 0 Å². The van der Waals surface area contributed by atoms with Gasteiger partial charge in [0.1, 0.15) is 73.2 Å². The molecule has 0 aromatic carbocycles. The van der Waals surface area contributed by atoms with Crippen LogP contribution in [0.1, 0.15) is 251 Å². The lowest BCUT2D eigenvalue weighted by Gasteiger charge is -2.48. The number of unbranched alkanes of at least 4 members (excludes halogenated alkanes) is 33. The van der Waals surface area contributed by atoms with Crippen LogP contribution in [0.15, 0.2) is 0 Å². The number of aliphatic hydroxyl groups is 11. The van der Waals surface area contributed by atoms with Gasteiger partial charge in [-0.1, -0.05) is 232 Å². The van der Waals surface area contributed by atoms with Crippen LogP contribution in [-0.2, 0) is 33.2 Å². The van der Waals surface area contributed by atoms with E-state index in [0.29, 0.717) is 12.8 Å². The second-order valence-corrected chi connectivity index (χ2v) is 23.6. The molecule has 0 bridgehead atoms. The molecule has 17 unspecified atom stereocenters. The van der Waals surface area contributed by atoms with E-state index in [0.717, 1.165) is 44.9 Å². The first-order valence-electron chi connectivity index (χ1n) is 32.3. The summed E-state index contributed by atoms with van der Waals surface area (Å²) in [6.45, 7) is 1.67. The first-order chi connectivity index (χ1) is 38.8. The van der Waals surface area contributed by atoms with E-state index in [1.54, 1.807) is 0 Å². The first-order valence-corrected chi connectivity index (χ1v) is 32.3. The van der Waals surface area contributed by atoms with Gasteiger partial charge in [0, 0.05) is 6.42 Å². The van der Waals surface area contributed by atoms with E-state index in [4.69, 9.17) is 28.4 Å². The van der Waals surface area contributed by atoms with Gasteiger partial charge in [-0.3, -0.25) is 4.79 Å². The second-order valence-electron chi connectivity index (χ2n) is 23.6. The quantitative estimate of drug-likeness (QED) is 0.0280. The van der Waals surface area contributed by atoms with Crippen molar-refractivity contribution in [3.8, 4) is 0 Å². The zero-order valence-corrected chi connectivity index (χ0v) is 49.6. The minimum atomic E-state index is -1.97. The second kappa shape index (κ2) is 45.2. The van der Waals surface area contributed by atoms with Crippen LogP contribution in [0.5, 0.6) is 0 Å². The molecule has 1 amide bonds. The largest absolute Gasteiger partial charge is 0.394 e. The van der Waals surface area contributed by atoms with E-state index in [9.17, 15) is 61.0 Å². The van der Waals surface area contributed by atoms with Crippen molar-refractivity contribution in [2.45, 2.75) is 356 Å². The number of hydrogen-bond acceptors (Lipinski definition) is 18. The van der Waals surface area contributed by atoms with Crippen molar-refractivity contribution in [2.24, 2.45) is 0 Å². The van der Waals surface area contributed by atoms with Gasteiger partial charge in [0.05, 0.1) is 38.6 Å². The van der Waals surface area contributed by atoms with E-state index in [1.807, 2.05) is 0 Å². The summed E-state index contributed by atoms with van der Waals surface area (Å²) in [6.07, 6.45) is 19.0. The van der Waals surface area contributed by atoms with Gasteiger partial charge >= 0.3 is 0 Å². The number of nitrogens with one attached hydrogen (secondary N) is 1. The Hall–Kier alpha value is -1.21. The molecule has 0 aromatic rings. The summed E-state index contributed by atoms with van der Waals surface area (Å²) in [5, 5.41) is 119. The van der Waals surface area contributed by atoms with Crippen molar-refractivity contribution in [2.75, 3.05) is 26.4 Å². The van der Waals surface area contributed by atoms with Gasteiger partial charge in [-0.15, -0.1) is 0 Å². The SMILES string of the molecule is CCCCCCCCCCCCCCCCCCCCCCCCCCCCCCCCCC(=O)NC(COC1OC(CO)C(OC2OC(CO)C(OC3OC(CO)C(O)C(O)C3O)C(O)C2O)C(O)C1O)C(O)CCCCCC. The number of hydrogen-bond donors (Lipinski definition) is 12. The summed E-state index contributed by atoms with van der Waals surface area (Å²) in [5.41, 5.74) is 0. The topological polar surface area (TPSA) is 307 Å². The molecule has 80 heavy (non-hydrogen) atoms. The van der Waals surface area contributed by atoms with Gasteiger partial charge in [-0.2, -0.15) is 0 Å². The number of carbonyl (C=O) groups excluding carboxylic acids is 1. The van der Waals surface area contributed by atoms with Crippen LogP contribution in [0, 0.1) is 0 Å². The van der Waals surface area contributed by atoms with Gasteiger partial charge < -0.3 is 89.9 Å². The van der Waals surface area contributed by atoms with E-state index in [1.165, 1.54) is 173 Å². The fraction of sp³-hybridized carbons (Fsp3) is 0.984. The monoisotopic (exact) mass is 1150 g/mol. The molecule has 17 atom stereocenters. The molecule has 12 N–H and O–H groups in total. The molecule has 474 valence electrons. The van der Waals surface area contributed by atoms with E-state index in [-0.39, 0.29) is 18.9 Å². The average Bonchev–Trinajstić information content (AvgIpc) is 3.58. The molecule has 3 heterocycles. The summed E-state index contributed by atoms with van der Waals surface area (Å²) >= 11 is 0. The Labute approximate surface area is 481 Å². The Morgan fingerprint density at radius 2 is 0.713 bits per heavy atom. The molecular formula is C61H117NO18. The van der Waals surface area contributed by atoms with E-state index < -0.39 is 124 Å². The summed E-state index contributed by atoms with van der Waals surface area (Å²) < 4.78 is 34.1. The normalized spacial score (nSPS) is 29.9. The molecule has 0 aromatic heterocycles. The molecule has 19 heteroatoms. The molecule has 3 rings (SSSR count). The summed E-state index contributed by atoms with van der Waals surface area (Å²) in [4.78, 5) is 13.2. The molecule has 3 saturated heterocycles. The number of carbonyl (C=O) groups is 1. The van der Waals surface area contributed by atoms with E-state index >= 15 is 0 Å². The van der Waals surface area contributed by atoms with Crippen molar-refractivity contribution < 1.29 is 89.4 Å². The molecule has 0 spiro atoms. The van der Waals surface area contributed by atoms with Crippen LogP contribution >= 0.6 is 0 Å². The van der Waals surface area contributed by atoms with Crippen LogP contribution in [0.3, 0.4) is 0 Å². The predicted octanol–water partition coefficient (Wildman–Crippen LogP) is 6.77. The minimum absolute atomic E-state index is 0.247. The maximum atomic E-state index is 13.2. The third-order valence-corrected chi connectivity index (χ3v) is 16.7. The predicted molar refractivity (Wildman–Crippen MR) is 305 cm³/mol. The van der Waals surface area contributed by atoms with Crippen molar-refractivity contribution >= 4 is 5.91 Å². The Bertz CT molecular complexity index is 1470. The number of amides is 1. The Kier molecular flexibility index (Phi) is 41.2. The minimum Gasteiger partial charge on any atom is -0.394 e. The van der Waals surface area contributed by atoms with Gasteiger partial charge in [0.2, 0.25) is 5.91 Å². The van der Waals surface area contributed by atoms with Gasteiger partial charge in [0.25, 0.3) is 0 Å². The molecule has 3 aliphatic rings. The van der Waals surface area contributed by atoms with Crippen LogP contribution in [0.25, 0.3) is 0 Å².